The monoisotopic (exact) mass is 364 g/mol. The summed E-state index contributed by atoms with van der Waals surface area (Å²) in [6.07, 6.45) is 19.5. The maximum atomic E-state index is 7.13. The Morgan fingerprint density at radius 3 is 1.68 bits per heavy atom. The number of alkyl halides is 1. The molecule has 1 aromatic rings. The molecule has 0 saturated carbocycles. The molecule has 1 rings (SSSR count). The van der Waals surface area contributed by atoms with E-state index in [0.29, 0.717) is 0 Å². The normalized spacial score (nSPS) is 13.7. The molecule has 1 heteroatoms. The fourth-order valence-electron chi connectivity index (χ4n) is 3.66. The summed E-state index contributed by atoms with van der Waals surface area (Å²) in [4.78, 5) is 0.0208. The SMILES string of the molecule is CCCCCCCCCC(Cl)(CCCCCC)CCc1ccccc1. The highest BCUT2D eigenvalue weighted by atomic mass is 35.5. The van der Waals surface area contributed by atoms with E-state index in [4.69, 9.17) is 11.6 Å². The lowest BCUT2D eigenvalue weighted by atomic mass is 9.88. The first-order valence-electron chi connectivity index (χ1n) is 10.9. The molecule has 1 atom stereocenters. The molecule has 25 heavy (non-hydrogen) atoms. The van der Waals surface area contributed by atoms with Crippen LogP contribution in [0.4, 0.5) is 0 Å². The Morgan fingerprint density at radius 1 is 0.640 bits per heavy atom. The van der Waals surface area contributed by atoms with Gasteiger partial charge in [-0.15, -0.1) is 11.6 Å². The molecule has 0 fully saturated rings. The molecule has 0 aliphatic heterocycles. The van der Waals surface area contributed by atoms with Crippen LogP contribution in [0.15, 0.2) is 30.3 Å². The van der Waals surface area contributed by atoms with Crippen LogP contribution in [0.1, 0.15) is 109 Å². The van der Waals surface area contributed by atoms with Gasteiger partial charge >= 0.3 is 0 Å². The highest BCUT2D eigenvalue weighted by molar-refractivity contribution is 6.23. The highest BCUT2D eigenvalue weighted by Crippen LogP contribution is 2.34. The molecular weight excluding hydrogens is 324 g/mol. The Morgan fingerprint density at radius 2 is 1.12 bits per heavy atom. The molecule has 0 nitrogen and oxygen atoms in total. The van der Waals surface area contributed by atoms with Gasteiger partial charge in [-0.1, -0.05) is 115 Å². The smallest absolute Gasteiger partial charge is 0.0450 e. The van der Waals surface area contributed by atoms with Crippen molar-refractivity contribution < 1.29 is 0 Å². The summed E-state index contributed by atoms with van der Waals surface area (Å²) < 4.78 is 0. The van der Waals surface area contributed by atoms with Gasteiger partial charge in [0.1, 0.15) is 0 Å². The Kier molecular flexibility index (Phi) is 13.2. The molecule has 1 unspecified atom stereocenters. The van der Waals surface area contributed by atoms with Gasteiger partial charge in [-0.05, 0) is 31.2 Å². The lowest BCUT2D eigenvalue weighted by Crippen LogP contribution is -2.22. The lowest BCUT2D eigenvalue weighted by molar-refractivity contribution is 0.413. The number of hydrogen-bond acceptors (Lipinski definition) is 0. The summed E-state index contributed by atoms with van der Waals surface area (Å²) in [5.74, 6) is 0. The zero-order valence-corrected chi connectivity index (χ0v) is 17.6. The predicted octanol–water partition coefficient (Wildman–Crippen LogP) is 8.71. The molecule has 1 aromatic carbocycles. The van der Waals surface area contributed by atoms with E-state index in [1.807, 2.05) is 0 Å². The average molecular weight is 365 g/mol. The molecule has 0 N–H and O–H groups in total. The van der Waals surface area contributed by atoms with Crippen molar-refractivity contribution in [3.63, 3.8) is 0 Å². The zero-order valence-electron chi connectivity index (χ0n) is 16.9. The summed E-state index contributed by atoms with van der Waals surface area (Å²) in [7, 11) is 0. The number of rotatable bonds is 16. The van der Waals surface area contributed by atoms with E-state index in [2.05, 4.69) is 44.2 Å². The Labute approximate surface area is 162 Å². The standard InChI is InChI=1S/C24H41Cl/c1-3-5-7-9-10-11-16-21-24(25,20-15-8-6-4-2)22-19-23-17-13-12-14-18-23/h12-14,17-18H,3-11,15-16,19-22H2,1-2H3. The Balaban J connectivity index is 2.35. The maximum Gasteiger partial charge on any atom is 0.0450 e. The molecule has 0 amide bonds. The van der Waals surface area contributed by atoms with Crippen molar-refractivity contribution in [1.29, 1.82) is 0 Å². The third kappa shape index (κ3) is 11.7. The molecule has 0 aliphatic rings. The van der Waals surface area contributed by atoms with Crippen LogP contribution in [0.5, 0.6) is 0 Å². The minimum absolute atomic E-state index is 0.0208. The van der Waals surface area contributed by atoms with Crippen LogP contribution < -0.4 is 0 Å². The molecule has 0 bridgehead atoms. The second-order valence-corrected chi connectivity index (χ2v) is 8.62. The second kappa shape index (κ2) is 14.7. The van der Waals surface area contributed by atoms with E-state index >= 15 is 0 Å². The minimum atomic E-state index is 0.0208. The first-order valence-corrected chi connectivity index (χ1v) is 11.3. The van der Waals surface area contributed by atoms with Crippen molar-refractivity contribution in [3.8, 4) is 0 Å². The molecule has 0 spiro atoms. The van der Waals surface area contributed by atoms with Crippen molar-refractivity contribution in [1.82, 2.24) is 0 Å². The van der Waals surface area contributed by atoms with Crippen molar-refractivity contribution in [2.24, 2.45) is 0 Å². The molecule has 0 aromatic heterocycles. The summed E-state index contributed by atoms with van der Waals surface area (Å²) in [6.45, 7) is 4.56. The van der Waals surface area contributed by atoms with E-state index < -0.39 is 0 Å². The van der Waals surface area contributed by atoms with Gasteiger partial charge < -0.3 is 0 Å². The molecular formula is C24H41Cl. The van der Waals surface area contributed by atoms with Crippen LogP contribution in [0.3, 0.4) is 0 Å². The van der Waals surface area contributed by atoms with Crippen molar-refractivity contribution in [3.05, 3.63) is 35.9 Å². The molecule has 0 radical (unpaired) electrons. The highest BCUT2D eigenvalue weighted by Gasteiger charge is 2.25. The first kappa shape index (κ1) is 22.6. The lowest BCUT2D eigenvalue weighted by Gasteiger charge is -2.27. The first-order chi connectivity index (χ1) is 12.2. The third-order valence-electron chi connectivity index (χ3n) is 5.41. The molecule has 0 saturated heterocycles. The average Bonchev–Trinajstić information content (AvgIpc) is 2.64. The molecule has 144 valence electrons. The zero-order chi connectivity index (χ0) is 18.2. The second-order valence-electron chi connectivity index (χ2n) is 7.82. The Hall–Kier alpha value is -0.490. The van der Waals surface area contributed by atoms with Gasteiger partial charge in [-0.3, -0.25) is 0 Å². The summed E-state index contributed by atoms with van der Waals surface area (Å²) in [5, 5.41) is 0. The van der Waals surface area contributed by atoms with Crippen molar-refractivity contribution in [2.75, 3.05) is 0 Å². The quantitative estimate of drug-likeness (QED) is 0.203. The topological polar surface area (TPSA) is 0 Å². The summed E-state index contributed by atoms with van der Waals surface area (Å²) >= 11 is 7.13. The van der Waals surface area contributed by atoms with E-state index in [1.54, 1.807) is 0 Å². The largest absolute Gasteiger partial charge is 0.119 e. The fraction of sp³-hybridized carbons (Fsp3) is 0.750. The molecule has 0 aliphatic carbocycles. The van der Waals surface area contributed by atoms with Crippen LogP contribution in [-0.4, -0.2) is 4.87 Å². The number of benzene rings is 1. The van der Waals surface area contributed by atoms with Crippen LogP contribution >= 0.6 is 11.6 Å². The van der Waals surface area contributed by atoms with Crippen LogP contribution in [0.25, 0.3) is 0 Å². The van der Waals surface area contributed by atoms with E-state index in [0.717, 1.165) is 12.8 Å². The Bertz CT molecular complexity index is 400. The van der Waals surface area contributed by atoms with E-state index in [-0.39, 0.29) is 4.87 Å². The van der Waals surface area contributed by atoms with E-state index in [9.17, 15) is 0 Å². The van der Waals surface area contributed by atoms with Gasteiger partial charge in [0.15, 0.2) is 0 Å². The van der Waals surface area contributed by atoms with Crippen LogP contribution in [0, 0.1) is 0 Å². The van der Waals surface area contributed by atoms with Gasteiger partial charge in [-0.25, -0.2) is 0 Å². The van der Waals surface area contributed by atoms with Crippen molar-refractivity contribution >= 4 is 11.6 Å². The number of halogens is 1. The summed E-state index contributed by atoms with van der Waals surface area (Å²) in [5.41, 5.74) is 1.43. The number of aryl methyl sites for hydroxylation is 1. The fourth-order valence-corrected chi connectivity index (χ4v) is 4.02. The third-order valence-corrected chi connectivity index (χ3v) is 5.98. The van der Waals surface area contributed by atoms with Gasteiger partial charge in [0.25, 0.3) is 0 Å². The number of unbranched alkanes of at least 4 members (excludes halogenated alkanes) is 9. The number of hydrogen-bond donors (Lipinski definition) is 0. The van der Waals surface area contributed by atoms with Crippen molar-refractivity contribution in [2.45, 2.75) is 115 Å². The van der Waals surface area contributed by atoms with Crippen LogP contribution in [0.2, 0.25) is 0 Å². The van der Waals surface area contributed by atoms with Gasteiger partial charge in [0.05, 0.1) is 0 Å². The van der Waals surface area contributed by atoms with Gasteiger partial charge in [-0.2, -0.15) is 0 Å². The van der Waals surface area contributed by atoms with Gasteiger partial charge in [0, 0.05) is 4.87 Å². The minimum Gasteiger partial charge on any atom is -0.119 e. The van der Waals surface area contributed by atoms with E-state index in [1.165, 1.54) is 89.0 Å². The molecule has 0 heterocycles. The maximum absolute atomic E-state index is 7.13. The van der Waals surface area contributed by atoms with Crippen LogP contribution in [-0.2, 0) is 6.42 Å². The summed E-state index contributed by atoms with van der Waals surface area (Å²) in [6, 6.07) is 10.9. The predicted molar refractivity (Wildman–Crippen MR) is 115 cm³/mol. The van der Waals surface area contributed by atoms with Gasteiger partial charge in [0.2, 0.25) is 0 Å².